The van der Waals surface area contributed by atoms with Gasteiger partial charge in [-0.15, -0.1) is 0 Å². The first-order chi connectivity index (χ1) is 10.4. The molecule has 2 aromatic carbocycles. The fourth-order valence-corrected chi connectivity index (χ4v) is 4.43. The molecule has 0 aliphatic carbocycles. The summed E-state index contributed by atoms with van der Waals surface area (Å²) < 4.78 is 2.98. The Bertz CT molecular complexity index is 946. The lowest BCUT2D eigenvalue weighted by molar-refractivity contribution is 0.102. The van der Waals surface area contributed by atoms with E-state index in [0.717, 1.165) is 10.7 Å². The third-order valence-corrected chi connectivity index (χ3v) is 6.68. The zero-order valence-electron chi connectivity index (χ0n) is 10.8. The summed E-state index contributed by atoms with van der Waals surface area (Å²) in [5.41, 5.74) is 2.38. The molecule has 0 atom stereocenters. The largest absolute Gasteiger partial charge is 0.323 e. The van der Waals surface area contributed by atoms with E-state index in [9.17, 15) is 9.59 Å². The maximum atomic E-state index is 12.5. The summed E-state index contributed by atoms with van der Waals surface area (Å²) in [5.74, 6) is -0.168. The van der Waals surface area contributed by atoms with Crippen LogP contribution in [-0.4, -0.2) is 15.9 Å². The predicted molar refractivity (Wildman–Crippen MR) is 111 cm³/mol. The molecule has 0 fully saturated rings. The van der Waals surface area contributed by atoms with E-state index in [1.165, 1.54) is 0 Å². The number of aromatic nitrogens is 2. The molecule has 5 nitrogen and oxygen atoms in total. The van der Waals surface area contributed by atoms with Crippen LogP contribution in [0.1, 0.15) is 10.4 Å². The van der Waals surface area contributed by atoms with Crippen molar-refractivity contribution in [1.82, 2.24) is 9.97 Å². The van der Waals surface area contributed by atoms with Crippen LogP contribution in [0.2, 0.25) is 0 Å². The number of hydrogen-bond acceptors (Lipinski definition) is 2. The molecule has 22 heavy (non-hydrogen) atoms. The Balaban J connectivity index is 1.94. The van der Waals surface area contributed by atoms with E-state index < -0.39 is 0 Å². The van der Waals surface area contributed by atoms with Gasteiger partial charge in [0.25, 0.3) is 5.91 Å². The van der Waals surface area contributed by atoms with Crippen LogP contribution in [0.5, 0.6) is 0 Å². The minimum Gasteiger partial charge on any atom is -0.322 e. The highest BCUT2D eigenvalue weighted by Crippen LogP contribution is 2.24. The molecule has 0 spiro atoms. The lowest BCUT2D eigenvalue weighted by Gasteiger charge is -2.09. The standard InChI is InChI=1S/C14H8I3N3O2/c15-6-3-8(12(17)9(16)4-6)13(21)18-7-1-2-10-11(5-7)20-14(22)19-10/h1-5H,(H,18,21)(H2,19,20,22). The normalized spacial score (nSPS) is 10.9. The summed E-state index contributed by atoms with van der Waals surface area (Å²) in [7, 11) is 0. The van der Waals surface area contributed by atoms with Crippen molar-refractivity contribution in [2.45, 2.75) is 0 Å². The number of fused-ring (bicyclic) bond motifs is 1. The molecule has 0 saturated carbocycles. The maximum Gasteiger partial charge on any atom is 0.323 e. The van der Waals surface area contributed by atoms with Gasteiger partial charge in [0.1, 0.15) is 0 Å². The van der Waals surface area contributed by atoms with E-state index in [1.807, 2.05) is 12.1 Å². The van der Waals surface area contributed by atoms with Gasteiger partial charge in [0, 0.05) is 16.4 Å². The number of aromatic amines is 2. The molecule has 0 bridgehead atoms. The number of carbonyl (C=O) groups is 1. The van der Waals surface area contributed by atoms with Crippen molar-refractivity contribution in [2.24, 2.45) is 0 Å². The number of imidazole rings is 1. The molecular weight excluding hydrogens is 623 g/mol. The van der Waals surface area contributed by atoms with Gasteiger partial charge in [0.2, 0.25) is 0 Å². The Morgan fingerprint density at radius 3 is 2.50 bits per heavy atom. The SMILES string of the molecule is O=C(Nc1ccc2[nH]c(=O)[nH]c2c1)c1cc(I)cc(I)c1I. The molecule has 3 aromatic rings. The van der Waals surface area contributed by atoms with Gasteiger partial charge in [0.05, 0.1) is 16.6 Å². The lowest BCUT2D eigenvalue weighted by atomic mass is 10.2. The molecule has 1 heterocycles. The number of rotatable bonds is 2. The number of halogens is 3. The van der Waals surface area contributed by atoms with E-state index in [0.29, 0.717) is 22.3 Å². The Labute approximate surface area is 166 Å². The first kappa shape index (κ1) is 16.2. The van der Waals surface area contributed by atoms with Crippen LogP contribution in [0.3, 0.4) is 0 Å². The Morgan fingerprint density at radius 2 is 1.73 bits per heavy atom. The molecular formula is C14H8I3N3O2. The smallest absolute Gasteiger partial charge is 0.322 e. The fraction of sp³-hybridized carbons (Fsp3) is 0. The Hall–Kier alpha value is -0.630. The molecule has 1 aromatic heterocycles. The van der Waals surface area contributed by atoms with E-state index in [-0.39, 0.29) is 11.6 Å². The molecule has 3 N–H and O–H groups in total. The van der Waals surface area contributed by atoms with Crippen LogP contribution in [0.4, 0.5) is 5.69 Å². The number of benzene rings is 2. The van der Waals surface area contributed by atoms with Gasteiger partial charge < -0.3 is 15.3 Å². The molecule has 112 valence electrons. The zero-order valence-corrected chi connectivity index (χ0v) is 17.3. The van der Waals surface area contributed by atoms with Crippen molar-refractivity contribution in [3.63, 3.8) is 0 Å². The third kappa shape index (κ3) is 3.32. The summed E-state index contributed by atoms with van der Waals surface area (Å²) >= 11 is 6.59. The first-order valence-electron chi connectivity index (χ1n) is 6.12. The van der Waals surface area contributed by atoms with Crippen molar-refractivity contribution >= 4 is 90.4 Å². The van der Waals surface area contributed by atoms with E-state index in [1.54, 1.807) is 18.2 Å². The van der Waals surface area contributed by atoms with Crippen LogP contribution in [-0.2, 0) is 0 Å². The van der Waals surface area contributed by atoms with Gasteiger partial charge in [0.15, 0.2) is 0 Å². The maximum absolute atomic E-state index is 12.5. The minimum atomic E-state index is -0.264. The van der Waals surface area contributed by atoms with Gasteiger partial charge in [-0.2, -0.15) is 0 Å². The number of H-pyrrole nitrogens is 2. The fourth-order valence-electron chi connectivity index (χ4n) is 2.03. The van der Waals surface area contributed by atoms with E-state index >= 15 is 0 Å². The topological polar surface area (TPSA) is 77.8 Å². The zero-order chi connectivity index (χ0) is 15.9. The Morgan fingerprint density at radius 1 is 1.00 bits per heavy atom. The molecule has 0 radical (unpaired) electrons. The van der Waals surface area contributed by atoms with Crippen LogP contribution in [0.15, 0.2) is 35.1 Å². The summed E-state index contributed by atoms with van der Waals surface area (Å²) in [5, 5.41) is 2.87. The van der Waals surface area contributed by atoms with Crippen molar-refractivity contribution in [2.75, 3.05) is 5.32 Å². The van der Waals surface area contributed by atoms with Crippen LogP contribution >= 0.6 is 67.8 Å². The van der Waals surface area contributed by atoms with Gasteiger partial charge in [-0.1, -0.05) is 0 Å². The van der Waals surface area contributed by atoms with Crippen molar-refractivity contribution in [3.8, 4) is 0 Å². The molecule has 0 unspecified atom stereocenters. The second-order valence-corrected chi connectivity index (χ2v) is 8.03. The molecule has 0 saturated heterocycles. The average molecular weight is 631 g/mol. The summed E-state index contributed by atoms with van der Waals surface area (Å²) in [6.45, 7) is 0. The van der Waals surface area contributed by atoms with Gasteiger partial charge in [-0.3, -0.25) is 4.79 Å². The van der Waals surface area contributed by atoms with Crippen LogP contribution in [0, 0.1) is 10.7 Å². The first-order valence-corrected chi connectivity index (χ1v) is 9.35. The predicted octanol–water partition coefficient (Wildman–Crippen LogP) is 3.92. The quantitative estimate of drug-likeness (QED) is 0.297. The molecule has 0 aliphatic heterocycles. The number of hydrogen-bond donors (Lipinski definition) is 3. The lowest BCUT2D eigenvalue weighted by Crippen LogP contribution is -2.14. The minimum absolute atomic E-state index is 0.168. The highest BCUT2D eigenvalue weighted by atomic mass is 127. The second-order valence-electron chi connectivity index (χ2n) is 4.54. The molecule has 1 amide bonds. The number of anilines is 1. The monoisotopic (exact) mass is 631 g/mol. The van der Waals surface area contributed by atoms with Gasteiger partial charge in [-0.05, 0) is 98.1 Å². The van der Waals surface area contributed by atoms with E-state index in [2.05, 4.69) is 83.1 Å². The highest BCUT2D eigenvalue weighted by Gasteiger charge is 2.14. The third-order valence-electron chi connectivity index (χ3n) is 3.01. The van der Waals surface area contributed by atoms with E-state index in [4.69, 9.17) is 0 Å². The number of nitrogens with one attached hydrogen (secondary N) is 3. The summed E-state index contributed by atoms with van der Waals surface area (Å²) in [4.78, 5) is 29.1. The van der Waals surface area contributed by atoms with Crippen LogP contribution < -0.4 is 11.0 Å². The van der Waals surface area contributed by atoms with Gasteiger partial charge >= 0.3 is 5.69 Å². The van der Waals surface area contributed by atoms with Crippen molar-refractivity contribution < 1.29 is 4.79 Å². The average Bonchev–Trinajstić information content (AvgIpc) is 2.82. The molecule has 0 aliphatic rings. The molecule has 3 rings (SSSR count). The second kappa shape index (κ2) is 6.47. The number of carbonyl (C=O) groups excluding carboxylic acids is 1. The summed E-state index contributed by atoms with van der Waals surface area (Å²) in [6, 6.07) is 9.13. The van der Waals surface area contributed by atoms with Crippen LogP contribution in [0.25, 0.3) is 11.0 Å². The molecule has 8 heteroatoms. The summed E-state index contributed by atoms with van der Waals surface area (Å²) in [6.07, 6.45) is 0. The Kier molecular flexibility index (Phi) is 4.77. The van der Waals surface area contributed by atoms with Gasteiger partial charge in [-0.25, -0.2) is 4.79 Å². The van der Waals surface area contributed by atoms with Crippen molar-refractivity contribution in [3.05, 3.63) is 57.1 Å². The van der Waals surface area contributed by atoms with Crippen molar-refractivity contribution in [1.29, 1.82) is 0 Å². The highest BCUT2D eigenvalue weighted by molar-refractivity contribution is 14.1. The number of amides is 1.